The Hall–Kier alpha value is -3.14. The largest absolute Gasteiger partial charge is 0.279 e. The molecule has 0 aliphatic heterocycles. The minimum Gasteiger partial charge on any atom is -0.279 e. The number of nitrogens with zero attached hydrogens (tertiary/aromatic N) is 3. The van der Waals surface area contributed by atoms with Crippen molar-refractivity contribution in [3.05, 3.63) is 89.7 Å². The van der Waals surface area contributed by atoms with E-state index in [0.29, 0.717) is 21.9 Å². The van der Waals surface area contributed by atoms with E-state index in [1.54, 1.807) is 19.2 Å². The van der Waals surface area contributed by atoms with Gasteiger partial charge >= 0.3 is 0 Å². The van der Waals surface area contributed by atoms with Crippen LogP contribution in [0.2, 0.25) is 0 Å². The molecule has 182 valence electrons. The second kappa shape index (κ2) is 10.6. The highest BCUT2D eigenvalue weighted by molar-refractivity contribution is 7.89. The summed E-state index contributed by atoms with van der Waals surface area (Å²) in [6.07, 6.45) is 1.66. The summed E-state index contributed by atoms with van der Waals surface area (Å²) in [7, 11) is -2.09. The zero-order valence-corrected chi connectivity index (χ0v) is 21.2. The molecule has 0 saturated heterocycles. The van der Waals surface area contributed by atoms with Crippen molar-refractivity contribution in [1.82, 2.24) is 9.29 Å². The van der Waals surface area contributed by atoms with Gasteiger partial charge in [0.05, 0.1) is 16.1 Å². The number of thiazole rings is 1. The molecule has 4 aromatic rings. The number of hydrogen-bond acceptors (Lipinski definition) is 5. The van der Waals surface area contributed by atoms with Crippen molar-refractivity contribution in [1.29, 1.82) is 0 Å². The van der Waals surface area contributed by atoms with Crippen molar-refractivity contribution in [3.8, 4) is 0 Å². The molecule has 0 bridgehead atoms. The number of carbonyl (C=O) groups excluding carboxylic acids is 1. The smallest absolute Gasteiger partial charge is 0.260 e. The van der Waals surface area contributed by atoms with Crippen LogP contribution >= 0.6 is 11.3 Å². The van der Waals surface area contributed by atoms with E-state index in [0.717, 1.165) is 18.4 Å². The Morgan fingerprint density at radius 3 is 2.37 bits per heavy atom. The average molecular weight is 512 g/mol. The van der Waals surface area contributed by atoms with Crippen molar-refractivity contribution >= 4 is 42.6 Å². The zero-order valence-electron chi connectivity index (χ0n) is 19.5. The first-order chi connectivity index (χ1) is 16.8. The van der Waals surface area contributed by atoms with Crippen LogP contribution in [0.4, 0.5) is 9.52 Å². The third kappa shape index (κ3) is 5.42. The normalized spacial score (nSPS) is 11.8. The number of fused-ring (bicyclic) bond motifs is 1. The first-order valence-electron chi connectivity index (χ1n) is 11.3. The van der Waals surface area contributed by atoms with Gasteiger partial charge in [-0.15, -0.1) is 0 Å². The van der Waals surface area contributed by atoms with E-state index in [9.17, 15) is 17.6 Å². The van der Waals surface area contributed by atoms with Gasteiger partial charge in [0.1, 0.15) is 11.3 Å². The maximum Gasteiger partial charge on any atom is 0.260 e. The molecule has 6 nitrogen and oxygen atoms in total. The van der Waals surface area contributed by atoms with Crippen molar-refractivity contribution in [2.45, 2.75) is 31.2 Å². The summed E-state index contributed by atoms with van der Waals surface area (Å²) in [5.41, 5.74) is 1.42. The lowest BCUT2D eigenvalue weighted by atomic mass is 10.1. The second-order valence-electron chi connectivity index (χ2n) is 8.16. The van der Waals surface area contributed by atoms with E-state index in [-0.39, 0.29) is 22.9 Å². The molecule has 1 aromatic heterocycles. The van der Waals surface area contributed by atoms with Gasteiger partial charge < -0.3 is 0 Å². The Kier molecular flexibility index (Phi) is 7.59. The second-order valence-corrected chi connectivity index (χ2v) is 11.2. The highest BCUT2D eigenvalue weighted by atomic mass is 32.2. The minimum absolute atomic E-state index is 0.129. The van der Waals surface area contributed by atoms with Crippen molar-refractivity contribution in [3.63, 3.8) is 0 Å². The molecule has 0 atom stereocenters. The lowest BCUT2D eigenvalue weighted by Gasteiger charge is -2.21. The molecule has 35 heavy (non-hydrogen) atoms. The fourth-order valence-corrected chi connectivity index (χ4v) is 5.80. The van der Waals surface area contributed by atoms with Gasteiger partial charge in [-0.25, -0.2) is 22.1 Å². The number of para-hydroxylation sites is 1. The Bertz CT molecular complexity index is 1420. The Labute approximate surface area is 208 Å². The van der Waals surface area contributed by atoms with Crippen LogP contribution in [-0.4, -0.2) is 37.2 Å². The summed E-state index contributed by atoms with van der Waals surface area (Å²) >= 11 is 1.23. The van der Waals surface area contributed by atoms with Crippen LogP contribution in [0.1, 0.15) is 35.7 Å². The number of rotatable bonds is 9. The fourth-order valence-electron chi connectivity index (χ4n) is 3.62. The van der Waals surface area contributed by atoms with Crippen molar-refractivity contribution in [2.75, 3.05) is 18.5 Å². The standard InChI is InChI=1S/C26H26FN3O3S2/c1-3-4-17-29(2)35(32,33)21-15-13-20(14-16-21)25(31)30(18-19-9-6-5-7-10-19)26-28-24-22(27)11-8-12-23(24)34-26/h5-16H,3-4,17-18H2,1-2H3. The molecule has 0 spiro atoms. The topological polar surface area (TPSA) is 70.6 Å². The molecular weight excluding hydrogens is 485 g/mol. The maximum atomic E-state index is 14.3. The molecule has 0 radical (unpaired) electrons. The molecule has 0 saturated carbocycles. The monoisotopic (exact) mass is 511 g/mol. The molecule has 0 unspecified atom stereocenters. The molecule has 1 heterocycles. The van der Waals surface area contributed by atoms with E-state index in [4.69, 9.17) is 0 Å². The third-order valence-electron chi connectivity index (χ3n) is 5.65. The molecular formula is C26H26FN3O3S2. The maximum absolute atomic E-state index is 14.3. The molecule has 1 amide bonds. The van der Waals surface area contributed by atoms with Gasteiger partial charge in [-0.1, -0.05) is 61.1 Å². The fraction of sp³-hybridized carbons (Fsp3) is 0.231. The minimum atomic E-state index is -3.64. The lowest BCUT2D eigenvalue weighted by molar-refractivity contribution is 0.0985. The van der Waals surface area contributed by atoms with Crippen LogP contribution in [0.15, 0.2) is 77.7 Å². The molecule has 4 rings (SSSR count). The number of anilines is 1. The predicted molar refractivity (Wildman–Crippen MR) is 138 cm³/mol. The van der Waals surface area contributed by atoms with Gasteiger partial charge in [0.2, 0.25) is 10.0 Å². The van der Waals surface area contributed by atoms with Crippen LogP contribution < -0.4 is 4.90 Å². The number of halogens is 1. The van der Waals surface area contributed by atoms with Crippen molar-refractivity contribution < 1.29 is 17.6 Å². The molecule has 0 N–H and O–H groups in total. The molecule has 0 aliphatic rings. The molecule has 0 fully saturated rings. The highest BCUT2D eigenvalue weighted by Gasteiger charge is 2.24. The van der Waals surface area contributed by atoms with E-state index in [1.807, 2.05) is 37.3 Å². The van der Waals surface area contributed by atoms with E-state index in [1.165, 1.54) is 50.9 Å². The Morgan fingerprint density at radius 2 is 1.71 bits per heavy atom. The highest BCUT2D eigenvalue weighted by Crippen LogP contribution is 2.32. The van der Waals surface area contributed by atoms with E-state index >= 15 is 0 Å². The summed E-state index contributed by atoms with van der Waals surface area (Å²) in [6.45, 7) is 2.67. The summed E-state index contributed by atoms with van der Waals surface area (Å²) < 4.78 is 41.9. The summed E-state index contributed by atoms with van der Waals surface area (Å²) in [5, 5.41) is 0.370. The average Bonchev–Trinajstić information content (AvgIpc) is 3.31. The zero-order chi connectivity index (χ0) is 25.0. The van der Waals surface area contributed by atoms with Gasteiger partial charge in [-0.2, -0.15) is 0 Å². The van der Waals surface area contributed by atoms with Gasteiger partial charge in [-0.3, -0.25) is 9.69 Å². The molecule has 0 aliphatic carbocycles. The van der Waals surface area contributed by atoms with Crippen LogP contribution in [0, 0.1) is 5.82 Å². The van der Waals surface area contributed by atoms with Crippen molar-refractivity contribution in [2.24, 2.45) is 0 Å². The number of amides is 1. The predicted octanol–water partition coefficient (Wildman–Crippen LogP) is 5.70. The number of benzene rings is 3. The van der Waals surface area contributed by atoms with Crippen LogP contribution in [0.3, 0.4) is 0 Å². The number of hydrogen-bond donors (Lipinski definition) is 0. The number of aromatic nitrogens is 1. The van der Waals surface area contributed by atoms with E-state index in [2.05, 4.69) is 4.98 Å². The summed E-state index contributed by atoms with van der Waals surface area (Å²) in [4.78, 5) is 19.6. The van der Waals surface area contributed by atoms with Gasteiger partial charge in [0.25, 0.3) is 5.91 Å². The van der Waals surface area contributed by atoms with E-state index < -0.39 is 15.8 Å². The first-order valence-corrected chi connectivity index (χ1v) is 13.5. The van der Waals surface area contributed by atoms with Gasteiger partial charge in [0.15, 0.2) is 5.13 Å². The number of unbranched alkanes of at least 4 members (excludes halogenated alkanes) is 1. The Balaban J connectivity index is 1.67. The summed E-state index contributed by atoms with van der Waals surface area (Å²) in [5.74, 6) is -0.796. The molecule has 3 aromatic carbocycles. The van der Waals surface area contributed by atoms with Crippen LogP contribution in [0.25, 0.3) is 10.2 Å². The number of carbonyl (C=O) groups is 1. The third-order valence-corrected chi connectivity index (χ3v) is 8.57. The van der Waals surface area contributed by atoms with Crippen LogP contribution in [0.5, 0.6) is 0 Å². The first kappa shape index (κ1) is 25.0. The number of sulfonamides is 1. The molecule has 9 heteroatoms. The lowest BCUT2D eigenvalue weighted by Crippen LogP contribution is -2.30. The van der Waals surface area contributed by atoms with Gasteiger partial charge in [-0.05, 0) is 48.4 Å². The quantitative estimate of drug-likeness (QED) is 0.289. The van der Waals surface area contributed by atoms with Gasteiger partial charge in [0, 0.05) is 19.2 Å². The summed E-state index contributed by atoms with van der Waals surface area (Å²) in [6, 6.07) is 20.1. The Morgan fingerprint density at radius 1 is 1.00 bits per heavy atom. The SMILES string of the molecule is CCCCN(C)S(=O)(=O)c1ccc(C(=O)N(Cc2ccccc2)c2nc3c(F)cccc3s2)cc1. The van der Waals surface area contributed by atoms with Crippen LogP contribution in [-0.2, 0) is 16.6 Å².